The third-order valence-corrected chi connectivity index (χ3v) is 5.65. The first-order valence-electron chi connectivity index (χ1n) is 10.9. The summed E-state index contributed by atoms with van der Waals surface area (Å²) < 4.78 is 68.6. The van der Waals surface area contributed by atoms with Crippen LogP contribution < -0.4 is 15.4 Å². The topological polar surface area (TPSA) is 63.2 Å². The lowest BCUT2D eigenvalue weighted by Gasteiger charge is -2.26. The number of benzene rings is 2. The molecule has 2 aromatic carbocycles. The molecule has 5 nitrogen and oxygen atoms in total. The molecule has 11 heteroatoms. The van der Waals surface area contributed by atoms with Gasteiger partial charge >= 0.3 is 12.8 Å². The Morgan fingerprint density at radius 3 is 2.36 bits per heavy atom. The van der Waals surface area contributed by atoms with E-state index in [2.05, 4.69) is 20.4 Å². The molecular weight excluding hydrogens is 505 g/mol. The van der Waals surface area contributed by atoms with Crippen molar-refractivity contribution in [3.63, 3.8) is 0 Å². The van der Waals surface area contributed by atoms with Gasteiger partial charge in [0, 0.05) is 24.3 Å². The van der Waals surface area contributed by atoms with Crippen LogP contribution in [0.2, 0.25) is 5.02 Å². The smallest absolute Gasteiger partial charge is 0.433 e. The molecule has 0 aliphatic carbocycles. The molecule has 1 aromatic heterocycles. The number of carbonyl (C=O) groups excluding carboxylic acids is 1. The third-order valence-electron chi connectivity index (χ3n) is 5.40. The van der Waals surface area contributed by atoms with Crippen LogP contribution in [0.4, 0.5) is 22.0 Å². The van der Waals surface area contributed by atoms with Gasteiger partial charge in [0.1, 0.15) is 17.5 Å². The summed E-state index contributed by atoms with van der Waals surface area (Å²) in [7, 11) is 1.48. The van der Waals surface area contributed by atoms with Crippen molar-refractivity contribution in [1.29, 1.82) is 0 Å². The third kappa shape index (κ3) is 7.63. The minimum atomic E-state index is -4.55. The van der Waals surface area contributed by atoms with Gasteiger partial charge in [0.15, 0.2) is 0 Å². The van der Waals surface area contributed by atoms with Gasteiger partial charge in [-0.2, -0.15) is 22.0 Å². The molecule has 2 N–H and O–H groups in total. The van der Waals surface area contributed by atoms with Crippen molar-refractivity contribution in [2.45, 2.75) is 37.7 Å². The van der Waals surface area contributed by atoms with Crippen LogP contribution in [0.5, 0.6) is 5.75 Å². The highest BCUT2D eigenvalue weighted by Gasteiger charge is 2.32. The van der Waals surface area contributed by atoms with E-state index in [9.17, 15) is 26.7 Å². The standard InChI is InChI=1S/C25H23ClF5N3O2/c1-32-23(35)22(16-7-9-18(26)10-8-16)34-20(17-3-2-4-19(13-17)36-24(27)28)11-5-15-6-12-21(33-14-15)25(29,30)31/h2-4,6-10,12-14,20,22,24,34H,5,11H2,1H3,(H,32,35)/t20-,22-/m0/s1. The summed E-state index contributed by atoms with van der Waals surface area (Å²) in [5, 5.41) is 6.32. The molecule has 0 spiro atoms. The van der Waals surface area contributed by atoms with E-state index in [1.54, 1.807) is 36.4 Å². The summed E-state index contributed by atoms with van der Waals surface area (Å²) in [4.78, 5) is 16.2. The lowest BCUT2D eigenvalue weighted by Crippen LogP contribution is -2.38. The Balaban J connectivity index is 1.90. The Bertz CT molecular complexity index is 1140. The summed E-state index contributed by atoms with van der Waals surface area (Å²) in [5.41, 5.74) is 0.703. The highest BCUT2D eigenvalue weighted by atomic mass is 35.5. The van der Waals surface area contributed by atoms with Crippen molar-refractivity contribution >= 4 is 17.5 Å². The Labute approximate surface area is 209 Å². The minimum absolute atomic E-state index is 0.0616. The average Bonchev–Trinajstić information content (AvgIpc) is 2.84. The van der Waals surface area contributed by atoms with Gasteiger partial charge < -0.3 is 10.1 Å². The molecule has 0 bridgehead atoms. The number of rotatable bonds is 10. The van der Waals surface area contributed by atoms with Gasteiger partial charge in [0.25, 0.3) is 0 Å². The van der Waals surface area contributed by atoms with Gasteiger partial charge in [-0.1, -0.05) is 41.9 Å². The number of aryl methyl sites for hydroxylation is 1. The number of amides is 1. The van der Waals surface area contributed by atoms with E-state index in [1.165, 1.54) is 25.2 Å². The Hall–Kier alpha value is -3.24. The number of nitrogens with zero attached hydrogens (tertiary/aromatic N) is 1. The maximum absolute atomic E-state index is 12.8. The van der Waals surface area contributed by atoms with Gasteiger partial charge in [-0.05, 0) is 59.9 Å². The molecule has 0 radical (unpaired) electrons. The lowest BCUT2D eigenvalue weighted by molar-refractivity contribution is -0.141. The number of pyridine rings is 1. The van der Waals surface area contributed by atoms with Crippen molar-refractivity contribution in [3.8, 4) is 5.75 Å². The molecule has 1 heterocycles. The maximum Gasteiger partial charge on any atom is 0.433 e. The van der Waals surface area contributed by atoms with Gasteiger partial charge in [0.05, 0.1) is 0 Å². The zero-order chi connectivity index (χ0) is 26.3. The molecule has 0 aliphatic rings. The van der Waals surface area contributed by atoms with E-state index < -0.39 is 30.6 Å². The molecule has 0 saturated heterocycles. The molecule has 3 rings (SSSR count). The van der Waals surface area contributed by atoms with Crippen molar-refractivity contribution in [2.75, 3.05) is 7.05 Å². The van der Waals surface area contributed by atoms with E-state index in [0.29, 0.717) is 34.6 Å². The molecule has 0 unspecified atom stereocenters. The summed E-state index contributed by atoms with van der Waals surface area (Å²) in [5.74, 6) is -0.410. The monoisotopic (exact) mass is 527 g/mol. The van der Waals surface area contributed by atoms with Crippen LogP contribution in [0.15, 0.2) is 66.9 Å². The number of ether oxygens (including phenoxy) is 1. The van der Waals surface area contributed by atoms with E-state index in [0.717, 1.165) is 12.3 Å². The van der Waals surface area contributed by atoms with Crippen LogP contribution in [0.3, 0.4) is 0 Å². The second-order valence-electron chi connectivity index (χ2n) is 7.86. The van der Waals surface area contributed by atoms with E-state index in [-0.39, 0.29) is 11.7 Å². The number of carbonyl (C=O) groups is 1. The molecule has 0 aliphatic heterocycles. The Kier molecular flexibility index (Phi) is 9.22. The average molecular weight is 528 g/mol. The normalized spacial score (nSPS) is 13.3. The number of aromatic nitrogens is 1. The molecule has 0 saturated carbocycles. The largest absolute Gasteiger partial charge is 0.435 e. The van der Waals surface area contributed by atoms with Crippen LogP contribution >= 0.6 is 11.6 Å². The van der Waals surface area contributed by atoms with Gasteiger partial charge in [-0.3, -0.25) is 15.1 Å². The highest BCUT2D eigenvalue weighted by Crippen LogP contribution is 2.30. The second kappa shape index (κ2) is 12.1. The lowest BCUT2D eigenvalue weighted by atomic mass is 9.96. The zero-order valence-corrected chi connectivity index (χ0v) is 19.8. The predicted octanol–water partition coefficient (Wildman–Crippen LogP) is 6.11. The summed E-state index contributed by atoms with van der Waals surface area (Å²) in [6, 6.07) is 13.5. The van der Waals surface area contributed by atoms with Crippen LogP contribution in [-0.2, 0) is 17.4 Å². The Morgan fingerprint density at radius 1 is 1.06 bits per heavy atom. The number of hydrogen-bond acceptors (Lipinski definition) is 4. The number of alkyl halides is 5. The summed E-state index contributed by atoms with van der Waals surface area (Å²) in [6.45, 7) is -3.02. The molecule has 0 fully saturated rings. The van der Waals surface area contributed by atoms with E-state index >= 15 is 0 Å². The molecule has 36 heavy (non-hydrogen) atoms. The quantitative estimate of drug-likeness (QED) is 0.312. The summed E-state index contributed by atoms with van der Waals surface area (Å²) in [6.07, 6.45) is -2.80. The van der Waals surface area contributed by atoms with E-state index in [4.69, 9.17) is 11.6 Å². The zero-order valence-electron chi connectivity index (χ0n) is 19.0. The first-order chi connectivity index (χ1) is 17.1. The fourth-order valence-corrected chi connectivity index (χ4v) is 3.75. The molecule has 3 aromatic rings. The van der Waals surface area contributed by atoms with Crippen molar-refractivity contribution in [3.05, 3.63) is 94.3 Å². The van der Waals surface area contributed by atoms with Crippen molar-refractivity contribution in [2.24, 2.45) is 0 Å². The number of nitrogens with one attached hydrogen (secondary N) is 2. The molecule has 1 amide bonds. The van der Waals surface area contributed by atoms with Gasteiger partial charge in [0.2, 0.25) is 5.91 Å². The van der Waals surface area contributed by atoms with Crippen molar-refractivity contribution in [1.82, 2.24) is 15.6 Å². The highest BCUT2D eigenvalue weighted by molar-refractivity contribution is 6.30. The van der Waals surface area contributed by atoms with Crippen LogP contribution in [0.1, 0.15) is 40.9 Å². The summed E-state index contributed by atoms with van der Waals surface area (Å²) >= 11 is 5.97. The SMILES string of the molecule is CNC(=O)[C@@H](N[C@@H](CCc1ccc(C(F)(F)F)nc1)c1cccc(OC(F)F)c1)c1ccc(Cl)cc1. The van der Waals surface area contributed by atoms with Crippen molar-refractivity contribution < 1.29 is 31.5 Å². The van der Waals surface area contributed by atoms with Crippen LogP contribution in [-0.4, -0.2) is 24.6 Å². The molecule has 192 valence electrons. The van der Waals surface area contributed by atoms with Gasteiger partial charge in [-0.15, -0.1) is 0 Å². The fraction of sp³-hybridized carbons (Fsp3) is 0.280. The second-order valence-corrected chi connectivity index (χ2v) is 8.29. The Morgan fingerprint density at radius 2 is 1.78 bits per heavy atom. The van der Waals surface area contributed by atoms with E-state index in [1.807, 2.05) is 0 Å². The number of likely N-dealkylation sites (N-methyl/N-ethyl adjacent to an activating group) is 1. The first-order valence-corrected chi connectivity index (χ1v) is 11.2. The number of halogens is 6. The fourth-order valence-electron chi connectivity index (χ4n) is 3.63. The maximum atomic E-state index is 12.8. The first kappa shape index (κ1) is 27.3. The van der Waals surface area contributed by atoms with Crippen LogP contribution in [0, 0.1) is 0 Å². The predicted molar refractivity (Wildman–Crippen MR) is 125 cm³/mol. The molecule has 2 atom stereocenters. The number of hydrogen-bond donors (Lipinski definition) is 2. The van der Waals surface area contributed by atoms with Crippen LogP contribution in [0.25, 0.3) is 0 Å². The minimum Gasteiger partial charge on any atom is -0.435 e. The molecular formula is C25H23ClF5N3O2. The van der Waals surface area contributed by atoms with Gasteiger partial charge in [-0.25, -0.2) is 0 Å².